The van der Waals surface area contributed by atoms with Crippen LogP contribution in [0.3, 0.4) is 0 Å². The van der Waals surface area contributed by atoms with Crippen LogP contribution < -0.4 is 10.6 Å². The Hall–Kier alpha value is -2.76. The molecule has 1 atom stereocenters. The van der Waals surface area contributed by atoms with E-state index >= 15 is 0 Å². The largest absolute Gasteiger partial charge is 0.388 e. The highest BCUT2D eigenvalue weighted by molar-refractivity contribution is 6.01. The fourth-order valence-electron chi connectivity index (χ4n) is 4.55. The third-order valence-electron chi connectivity index (χ3n) is 6.23. The van der Waals surface area contributed by atoms with Crippen molar-refractivity contribution in [3.05, 3.63) is 72.4 Å². The summed E-state index contributed by atoms with van der Waals surface area (Å²) in [5.41, 5.74) is 1.80. The maximum Gasteiger partial charge on any atom is 0.227 e. The molecule has 4 rings (SSSR count). The third kappa shape index (κ3) is 5.12. The summed E-state index contributed by atoms with van der Waals surface area (Å²) in [6.07, 6.45) is 5.22. The maximum absolute atomic E-state index is 12.9. The molecule has 162 valence electrons. The SMILES string of the molecule is CC(C)(O)[C@@H](N[C@H]1CC[C@@H](C(=O)Nc2cccc3cccnc23)CC1)c1ccccc1. The highest BCUT2D eigenvalue weighted by Gasteiger charge is 2.33. The number of amides is 1. The molecule has 2 aromatic carbocycles. The first-order valence-corrected chi connectivity index (χ1v) is 11.1. The summed E-state index contributed by atoms with van der Waals surface area (Å²) >= 11 is 0. The Morgan fingerprint density at radius 1 is 1.00 bits per heavy atom. The van der Waals surface area contributed by atoms with Crippen LogP contribution >= 0.6 is 0 Å². The van der Waals surface area contributed by atoms with Gasteiger partial charge >= 0.3 is 0 Å². The number of carbonyl (C=O) groups is 1. The minimum atomic E-state index is -0.878. The average molecular weight is 418 g/mol. The van der Waals surface area contributed by atoms with Crippen LogP contribution in [0.1, 0.15) is 51.1 Å². The van der Waals surface area contributed by atoms with Crippen LogP contribution in [0.15, 0.2) is 66.9 Å². The number of nitrogens with zero attached hydrogens (tertiary/aromatic N) is 1. The molecule has 1 aromatic heterocycles. The van der Waals surface area contributed by atoms with Gasteiger partial charge in [-0.1, -0.05) is 48.5 Å². The molecule has 0 radical (unpaired) electrons. The molecule has 0 aliphatic heterocycles. The van der Waals surface area contributed by atoms with Crippen molar-refractivity contribution >= 4 is 22.5 Å². The standard InChI is InChI=1S/C26H31N3O2/c1-26(2,31)24(19-8-4-3-5-9-19)28-21-15-13-20(14-16-21)25(30)29-22-12-6-10-18-11-7-17-27-23(18)22/h3-12,17,20-21,24,28,31H,13-16H2,1-2H3,(H,29,30)/t20-,21+,24-/m0/s1. The number of benzene rings is 2. The van der Waals surface area contributed by atoms with Crippen LogP contribution in [0, 0.1) is 5.92 Å². The van der Waals surface area contributed by atoms with E-state index in [9.17, 15) is 9.90 Å². The van der Waals surface area contributed by atoms with Gasteiger partial charge in [0.2, 0.25) is 5.91 Å². The van der Waals surface area contributed by atoms with E-state index in [0.29, 0.717) is 0 Å². The number of rotatable bonds is 6. The lowest BCUT2D eigenvalue weighted by atomic mass is 9.83. The van der Waals surface area contributed by atoms with Crippen molar-refractivity contribution in [2.45, 2.75) is 57.2 Å². The highest BCUT2D eigenvalue weighted by atomic mass is 16.3. The molecule has 5 nitrogen and oxygen atoms in total. The van der Waals surface area contributed by atoms with E-state index < -0.39 is 5.60 Å². The van der Waals surface area contributed by atoms with E-state index in [1.165, 1.54) is 0 Å². The van der Waals surface area contributed by atoms with Gasteiger partial charge in [-0.2, -0.15) is 0 Å². The minimum Gasteiger partial charge on any atom is -0.388 e. The number of carbonyl (C=O) groups excluding carboxylic acids is 1. The predicted molar refractivity (Wildman–Crippen MR) is 125 cm³/mol. The Morgan fingerprint density at radius 3 is 2.42 bits per heavy atom. The Kier molecular flexibility index (Phi) is 6.35. The monoisotopic (exact) mass is 417 g/mol. The number of hydrogen-bond donors (Lipinski definition) is 3. The molecule has 0 saturated heterocycles. The lowest BCUT2D eigenvalue weighted by Gasteiger charge is -2.37. The summed E-state index contributed by atoms with van der Waals surface area (Å²) in [6.45, 7) is 3.68. The predicted octanol–water partition coefficient (Wildman–Crippen LogP) is 4.83. The molecule has 0 bridgehead atoms. The molecule has 1 heterocycles. The van der Waals surface area contributed by atoms with Crippen molar-refractivity contribution in [2.24, 2.45) is 5.92 Å². The molecule has 3 aromatic rings. The smallest absolute Gasteiger partial charge is 0.227 e. The Bertz CT molecular complexity index is 1020. The molecule has 1 saturated carbocycles. The van der Waals surface area contributed by atoms with Crippen LogP contribution in [0.2, 0.25) is 0 Å². The molecule has 0 spiro atoms. The van der Waals surface area contributed by atoms with E-state index in [2.05, 4.69) is 15.6 Å². The molecule has 31 heavy (non-hydrogen) atoms. The van der Waals surface area contributed by atoms with E-state index in [1.807, 2.05) is 74.5 Å². The zero-order valence-electron chi connectivity index (χ0n) is 18.2. The fourth-order valence-corrected chi connectivity index (χ4v) is 4.55. The number of pyridine rings is 1. The molecule has 0 unspecified atom stereocenters. The first kappa shape index (κ1) is 21.5. The molecule has 3 N–H and O–H groups in total. The van der Waals surface area contributed by atoms with Crippen molar-refractivity contribution in [3.8, 4) is 0 Å². The molecule has 1 aliphatic carbocycles. The average Bonchev–Trinajstić information content (AvgIpc) is 2.78. The quantitative estimate of drug-likeness (QED) is 0.537. The number of aliphatic hydroxyl groups is 1. The molecule has 1 amide bonds. The van der Waals surface area contributed by atoms with E-state index in [1.54, 1.807) is 6.20 Å². The third-order valence-corrected chi connectivity index (χ3v) is 6.23. The molecular formula is C26H31N3O2. The lowest BCUT2D eigenvalue weighted by Crippen LogP contribution is -2.46. The zero-order chi connectivity index (χ0) is 21.8. The summed E-state index contributed by atoms with van der Waals surface area (Å²) in [7, 11) is 0. The number of hydrogen-bond acceptors (Lipinski definition) is 4. The first-order chi connectivity index (χ1) is 14.9. The van der Waals surface area contributed by atoms with Gasteiger partial charge in [0, 0.05) is 23.5 Å². The summed E-state index contributed by atoms with van der Waals surface area (Å²) in [5.74, 6) is 0.0630. The van der Waals surface area contributed by atoms with Gasteiger partial charge in [-0.15, -0.1) is 0 Å². The molecule has 1 aliphatic rings. The van der Waals surface area contributed by atoms with E-state index in [0.717, 1.165) is 47.8 Å². The van der Waals surface area contributed by atoms with Gasteiger partial charge < -0.3 is 15.7 Å². The van der Waals surface area contributed by atoms with Gasteiger partial charge in [-0.3, -0.25) is 9.78 Å². The second-order valence-electron chi connectivity index (χ2n) is 9.08. The van der Waals surface area contributed by atoms with Crippen LogP contribution in [0.25, 0.3) is 10.9 Å². The van der Waals surface area contributed by atoms with Gasteiger partial charge in [0.05, 0.1) is 22.8 Å². The van der Waals surface area contributed by atoms with Gasteiger partial charge in [-0.05, 0) is 57.2 Å². The lowest BCUT2D eigenvalue weighted by molar-refractivity contribution is -0.120. The second-order valence-corrected chi connectivity index (χ2v) is 9.08. The highest BCUT2D eigenvalue weighted by Crippen LogP contribution is 2.31. The van der Waals surface area contributed by atoms with Gasteiger partial charge in [0.1, 0.15) is 0 Å². The topological polar surface area (TPSA) is 74.2 Å². The zero-order valence-corrected chi connectivity index (χ0v) is 18.2. The second kappa shape index (κ2) is 9.16. The van der Waals surface area contributed by atoms with Crippen LogP contribution in [0.4, 0.5) is 5.69 Å². The fraction of sp³-hybridized carbons (Fsp3) is 0.385. The number of nitrogens with one attached hydrogen (secondary N) is 2. The number of anilines is 1. The van der Waals surface area contributed by atoms with Gasteiger partial charge in [0.25, 0.3) is 0 Å². The van der Waals surface area contributed by atoms with Crippen molar-refractivity contribution in [2.75, 3.05) is 5.32 Å². The molecule has 1 fully saturated rings. The Balaban J connectivity index is 1.37. The van der Waals surface area contributed by atoms with Crippen molar-refractivity contribution in [1.82, 2.24) is 10.3 Å². The molecule has 5 heteroatoms. The van der Waals surface area contributed by atoms with E-state index in [4.69, 9.17) is 0 Å². The number of para-hydroxylation sites is 1. The van der Waals surface area contributed by atoms with Crippen LogP contribution in [-0.4, -0.2) is 27.6 Å². The Labute approximate surface area is 183 Å². The minimum absolute atomic E-state index is 0.00525. The summed E-state index contributed by atoms with van der Waals surface area (Å²) < 4.78 is 0. The van der Waals surface area contributed by atoms with Crippen molar-refractivity contribution in [3.63, 3.8) is 0 Å². The van der Waals surface area contributed by atoms with Crippen molar-refractivity contribution < 1.29 is 9.90 Å². The van der Waals surface area contributed by atoms with Crippen LogP contribution in [0.5, 0.6) is 0 Å². The maximum atomic E-state index is 12.9. The summed E-state index contributed by atoms with van der Waals surface area (Å²) in [6, 6.07) is 20.0. The van der Waals surface area contributed by atoms with Crippen LogP contribution in [-0.2, 0) is 4.79 Å². The first-order valence-electron chi connectivity index (χ1n) is 11.1. The Morgan fingerprint density at radius 2 is 1.71 bits per heavy atom. The number of fused-ring (bicyclic) bond motifs is 1. The van der Waals surface area contributed by atoms with E-state index in [-0.39, 0.29) is 23.9 Å². The normalized spacial score (nSPS) is 20.4. The summed E-state index contributed by atoms with van der Waals surface area (Å²) in [4.78, 5) is 17.3. The van der Waals surface area contributed by atoms with Crippen molar-refractivity contribution in [1.29, 1.82) is 0 Å². The summed E-state index contributed by atoms with van der Waals surface area (Å²) in [5, 5.41) is 18.5. The van der Waals surface area contributed by atoms with Gasteiger partial charge in [-0.25, -0.2) is 0 Å². The molecular weight excluding hydrogens is 386 g/mol. The number of aromatic nitrogens is 1. The van der Waals surface area contributed by atoms with Gasteiger partial charge in [0.15, 0.2) is 0 Å².